The van der Waals surface area contributed by atoms with Crippen LogP contribution in [0.15, 0.2) is 96.2 Å². The van der Waals surface area contributed by atoms with E-state index in [4.69, 9.17) is 0 Å². The Hall–Kier alpha value is -4.94. The van der Waals surface area contributed by atoms with Crippen LogP contribution in [0.3, 0.4) is 0 Å². The van der Waals surface area contributed by atoms with Gasteiger partial charge in [-0.2, -0.15) is 0 Å². The Morgan fingerprint density at radius 2 is 0.933 bits per heavy atom. The molecule has 0 unspecified atom stereocenters. The summed E-state index contributed by atoms with van der Waals surface area (Å²) in [5, 5.41) is 41.5. The van der Waals surface area contributed by atoms with Crippen LogP contribution in [0.25, 0.3) is 0 Å². The molecular weight excluding hydrogens is 560 g/mol. The Balaban J connectivity index is 1.95. The SMILES string of the molecule is C=C(C)/C=C(\C=C(\C)CO)N(c1ccc(N(c2cc(C)c(O)c(C)c2)c2cc(C)c(O)c(C)c2)cc1)c1cc(C)c(O)c(C)c1. The number of aliphatic hydroxyl groups is 1. The highest BCUT2D eigenvalue weighted by Crippen LogP contribution is 2.42. The first-order chi connectivity index (χ1) is 21.2. The molecule has 0 saturated carbocycles. The zero-order valence-corrected chi connectivity index (χ0v) is 27.5. The van der Waals surface area contributed by atoms with Gasteiger partial charge in [-0.05, 0) is 167 Å². The minimum atomic E-state index is -0.0835. The average Bonchev–Trinajstić information content (AvgIpc) is 2.97. The maximum absolute atomic E-state index is 10.5. The smallest absolute Gasteiger partial charge is 0.121 e. The van der Waals surface area contributed by atoms with Crippen molar-refractivity contribution < 1.29 is 20.4 Å². The van der Waals surface area contributed by atoms with Gasteiger partial charge in [0.15, 0.2) is 0 Å². The van der Waals surface area contributed by atoms with Gasteiger partial charge >= 0.3 is 0 Å². The minimum absolute atomic E-state index is 0.0835. The van der Waals surface area contributed by atoms with Gasteiger partial charge in [-0.15, -0.1) is 0 Å². The van der Waals surface area contributed by atoms with Gasteiger partial charge in [-0.3, -0.25) is 0 Å². The second kappa shape index (κ2) is 13.4. The molecule has 4 N–H and O–H groups in total. The summed E-state index contributed by atoms with van der Waals surface area (Å²) in [6, 6.07) is 19.9. The fourth-order valence-electron chi connectivity index (χ4n) is 5.55. The van der Waals surface area contributed by atoms with Crippen molar-refractivity contribution in [2.75, 3.05) is 16.4 Å². The topological polar surface area (TPSA) is 87.4 Å². The van der Waals surface area contributed by atoms with Crippen molar-refractivity contribution in [3.05, 3.63) is 130 Å². The molecule has 0 saturated heterocycles. The van der Waals surface area contributed by atoms with Crippen molar-refractivity contribution in [2.45, 2.75) is 55.4 Å². The highest BCUT2D eigenvalue weighted by atomic mass is 16.3. The molecule has 45 heavy (non-hydrogen) atoms. The minimum Gasteiger partial charge on any atom is -0.507 e. The molecular formula is C39H44N2O4. The summed E-state index contributed by atoms with van der Waals surface area (Å²) in [5.41, 5.74) is 11.4. The fourth-order valence-corrected chi connectivity index (χ4v) is 5.55. The molecule has 0 amide bonds. The van der Waals surface area contributed by atoms with Crippen LogP contribution < -0.4 is 9.80 Å². The molecule has 0 atom stereocenters. The van der Waals surface area contributed by atoms with Crippen LogP contribution in [-0.2, 0) is 0 Å². The van der Waals surface area contributed by atoms with E-state index in [0.29, 0.717) is 0 Å². The third-order valence-corrected chi connectivity index (χ3v) is 7.86. The Bertz CT molecular complexity index is 1690. The molecule has 0 aromatic heterocycles. The van der Waals surface area contributed by atoms with E-state index in [2.05, 4.69) is 16.4 Å². The summed E-state index contributed by atoms with van der Waals surface area (Å²) in [6.45, 7) is 19.1. The first kappa shape index (κ1) is 33.0. The van der Waals surface area contributed by atoms with Gasteiger partial charge in [0.25, 0.3) is 0 Å². The monoisotopic (exact) mass is 604 g/mol. The predicted octanol–water partition coefficient (Wildman–Crippen LogP) is 9.66. The molecule has 234 valence electrons. The zero-order valence-electron chi connectivity index (χ0n) is 27.5. The van der Waals surface area contributed by atoms with Gasteiger partial charge in [0, 0.05) is 34.1 Å². The van der Waals surface area contributed by atoms with E-state index in [9.17, 15) is 20.4 Å². The van der Waals surface area contributed by atoms with Gasteiger partial charge in [-0.1, -0.05) is 12.2 Å². The lowest BCUT2D eigenvalue weighted by Crippen LogP contribution is -2.17. The maximum Gasteiger partial charge on any atom is 0.121 e. The quantitative estimate of drug-likeness (QED) is 0.142. The van der Waals surface area contributed by atoms with Crippen LogP contribution in [0.1, 0.15) is 47.2 Å². The van der Waals surface area contributed by atoms with Crippen molar-refractivity contribution in [3.63, 3.8) is 0 Å². The number of benzene rings is 4. The number of rotatable bonds is 9. The fraction of sp³-hybridized carbons (Fsp3) is 0.231. The normalized spacial score (nSPS) is 11.9. The number of hydrogen-bond acceptors (Lipinski definition) is 6. The summed E-state index contributed by atoms with van der Waals surface area (Å²) >= 11 is 0. The van der Waals surface area contributed by atoms with E-state index in [1.54, 1.807) is 0 Å². The van der Waals surface area contributed by atoms with E-state index < -0.39 is 0 Å². The second-order valence-corrected chi connectivity index (χ2v) is 12.0. The van der Waals surface area contributed by atoms with Crippen LogP contribution >= 0.6 is 0 Å². The molecule has 0 fully saturated rings. The van der Waals surface area contributed by atoms with E-state index in [-0.39, 0.29) is 23.9 Å². The number of aliphatic hydroxyl groups excluding tert-OH is 1. The van der Waals surface area contributed by atoms with Gasteiger partial charge < -0.3 is 30.2 Å². The largest absolute Gasteiger partial charge is 0.507 e. The van der Waals surface area contributed by atoms with E-state index >= 15 is 0 Å². The molecule has 0 radical (unpaired) electrons. The molecule has 4 aromatic carbocycles. The number of nitrogens with zero attached hydrogens (tertiary/aromatic N) is 2. The van der Waals surface area contributed by atoms with Gasteiger partial charge in [-0.25, -0.2) is 0 Å². The molecule has 4 rings (SSSR count). The van der Waals surface area contributed by atoms with Crippen LogP contribution in [-0.4, -0.2) is 27.0 Å². The zero-order chi connectivity index (χ0) is 33.2. The first-order valence-electron chi connectivity index (χ1n) is 15.0. The molecule has 6 heteroatoms. The van der Waals surface area contributed by atoms with Gasteiger partial charge in [0.2, 0.25) is 0 Å². The molecule has 4 aromatic rings. The number of hydrogen-bond donors (Lipinski definition) is 4. The summed E-state index contributed by atoms with van der Waals surface area (Å²) in [5.74, 6) is 0.798. The third-order valence-electron chi connectivity index (χ3n) is 7.86. The molecule has 0 bridgehead atoms. The Kier molecular flexibility index (Phi) is 9.79. The van der Waals surface area contributed by atoms with Crippen molar-refractivity contribution >= 4 is 28.4 Å². The Morgan fingerprint density at radius 1 is 0.578 bits per heavy atom. The van der Waals surface area contributed by atoms with Gasteiger partial charge in [0.1, 0.15) is 17.2 Å². The lowest BCUT2D eigenvalue weighted by atomic mass is 10.0. The van der Waals surface area contributed by atoms with Crippen molar-refractivity contribution in [1.82, 2.24) is 0 Å². The molecule has 0 aliphatic carbocycles. The Labute approximate surface area is 267 Å². The summed E-state index contributed by atoms with van der Waals surface area (Å²) in [6.07, 6.45) is 3.91. The molecule has 0 aliphatic heterocycles. The van der Waals surface area contributed by atoms with Crippen molar-refractivity contribution in [2.24, 2.45) is 0 Å². The van der Waals surface area contributed by atoms with E-state index in [1.165, 1.54) is 0 Å². The van der Waals surface area contributed by atoms with Crippen LogP contribution in [0.2, 0.25) is 0 Å². The standard InChI is InChI=1S/C39H44N2O4/c1-23(2)14-33(15-24(3)22-42)40(34-16-25(4)37(43)26(5)17-34)31-10-12-32(13-11-31)41(35-18-27(6)38(44)28(7)19-35)36-20-29(8)39(45)30(9)21-36/h10-21,42-45H,1,22H2,2-9H3/b24-15-,33-14+. The van der Waals surface area contributed by atoms with Gasteiger partial charge in [0.05, 0.1) is 6.61 Å². The first-order valence-corrected chi connectivity index (χ1v) is 15.0. The number of aryl methyl sites for hydroxylation is 6. The molecule has 0 spiro atoms. The van der Waals surface area contributed by atoms with Crippen molar-refractivity contribution in [1.29, 1.82) is 0 Å². The maximum atomic E-state index is 10.5. The summed E-state index contributed by atoms with van der Waals surface area (Å²) in [7, 11) is 0. The van der Waals surface area contributed by atoms with E-state index in [1.807, 2.05) is 128 Å². The predicted molar refractivity (Wildman–Crippen MR) is 187 cm³/mol. The molecule has 0 heterocycles. The highest BCUT2D eigenvalue weighted by molar-refractivity contribution is 5.81. The highest BCUT2D eigenvalue weighted by Gasteiger charge is 2.20. The van der Waals surface area contributed by atoms with Crippen LogP contribution in [0.5, 0.6) is 17.2 Å². The lowest BCUT2D eigenvalue weighted by molar-refractivity contribution is 0.331. The van der Waals surface area contributed by atoms with Crippen molar-refractivity contribution in [3.8, 4) is 17.2 Å². The Morgan fingerprint density at radius 3 is 1.29 bits per heavy atom. The lowest BCUT2D eigenvalue weighted by Gasteiger charge is -2.30. The number of anilines is 5. The summed E-state index contributed by atoms with van der Waals surface area (Å²) < 4.78 is 0. The summed E-state index contributed by atoms with van der Waals surface area (Å²) in [4.78, 5) is 4.20. The number of phenolic OH excluding ortho intramolecular Hbond substituents is 3. The van der Waals surface area contributed by atoms with Crippen LogP contribution in [0, 0.1) is 41.5 Å². The average molecular weight is 605 g/mol. The van der Waals surface area contributed by atoms with Crippen LogP contribution in [0.4, 0.5) is 28.4 Å². The third kappa shape index (κ3) is 7.08. The number of aromatic hydroxyl groups is 3. The molecule has 0 aliphatic rings. The van der Waals surface area contributed by atoms with E-state index in [0.717, 1.165) is 78.7 Å². The number of phenols is 3. The molecule has 6 nitrogen and oxygen atoms in total. The second-order valence-electron chi connectivity index (χ2n) is 12.0. The number of allylic oxidation sites excluding steroid dienone is 3.